The summed E-state index contributed by atoms with van der Waals surface area (Å²) in [5.74, 6) is 0.250. The van der Waals surface area contributed by atoms with Gasteiger partial charge in [-0.3, -0.25) is 9.59 Å². The number of hydrogen-bond acceptors (Lipinski definition) is 4. The van der Waals surface area contributed by atoms with Crippen molar-refractivity contribution >= 4 is 23.2 Å². The number of rotatable bonds is 6. The predicted octanol–water partition coefficient (Wildman–Crippen LogP) is 3.20. The van der Waals surface area contributed by atoms with Gasteiger partial charge in [-0.25, -0.2) is 4.98 Å². The molecule has 1 aliphatic carbocycles. The van der Waals surface area contributed by atoms with Crippen molar-refractivity contribution in [2.24, 2.45) is 5.92 Å². The molecule has 2 amide bonds. The summed E-state index contributed by atoms with van der Waals surface area (Å²) in [7, 11) is 0. The number of thiazole rings is 1. The summed E-state index contributed by atoms with van der Waals surface area (Å²) in [4.78, 5) is 32.6. The Bertz CT molecular complexity index is 622. The van der Waals surface area contributed by atoms with Crippen LogP contribution in [0.15, 0.2) is 0 Å². The lowest BCUT2D eigenvalue weighted by Gasteiger charge is -2.36. The molecule has 1 aromatic heterocycles. The standard InChI is InChI=1S/C19H29N3O2S/c1-3-6-17-21-13(2)16(25-17)11-20-19(24)14-9-10-18(23)22(12-14)15-7-4-5-8-15/h14-15H,3-12H2,1-2H3,(H,20,24)/t14-/m1/s1. The number of piperidine rings is 1. The molecule has 1 aromatic rings. The van der Waals surface area contributed by atoms with Gasteiger partial charge in [0.25, 0.3) is 0 Å². The van der Waals surface area contributed by atoms with Crippen molar-refractivity contribution in [1.82, 2.24) is 15.2 Å². The van der Waals surface area contributed by atoms with Crippen LogP contribution in [0.3, 0.4) is 0 Å². The van der Waals surface area contributed by atoms with E-state index in [0.29, 0.717) is 32.0 Å². The Morgan fingerprint density at radius 2 is 2.08 bits per heavy atom. The van der Waals surface area contributed by atoms with E-state index in [1.807, 2.05) is 11.8 Å². The number of aryl methyl sites for hydroxylation is 2. The van der Waals surface area contributed by atoms with Crippen LogP contribution in [0.1, 0.15) is 67.4 Å². The van der Waals surface area contributed by atoms with E-state index in [-0.39, 0.29) is 17.7 Å². The third kappa shape index (κ3) is 4.40. The highest BCUT2D eigenvalue weighted by atomic mass is 32.1. The fourth-order valence-electron chi connectivity index (χ4n) is 3.94. The first-order valence-corrected chi connectivity index (χ1v) is 10.4. The Morgan fingerprint density at radius 3 is 2.80 bits per heavy atom. The topological polar surface area (TPSA) is 62.3 Å². The SMILES string of the molecule is CCCc1nc(C)c(CNC(=O)[C@@H]2CCC(=O)N(C3CCCC3)C2)s1. The van der Waals surface area contributed by atoms with Gasteiger partial charge in [0, 0.05) is 23.9 Å². The zero-order chi connectivity index (χ0) is 17.8. The Morgan fingerprint density at radius 1 is 1.32 bits per heavy atom. The van der Waals surface area contributed by atoms with Gasteiger partial charge < -0.3 is 10.2 Å². The molecule has 0 unspecified atom stereocenters. The summed E-state index contributed by atoms with van der Waals surface area (Å²) in [5.41, 5.74) is 1.03. The Balaban J connectivity index is 1.55. The number of nitrogens with zero attached hydrogens (tertiary/aromatic N) is 2. The van der Waals surface area contributed by atoms with Gasteiger partial charge in [0.1, 0.15) is 0 Å². The molecule has 1 saturated heterocycles. The van der Waals surface area contributed by atoms with Crippen LogP contribution in [0, 0.1) is 12.8 Å². The summed E-state index contributed by atoms with van der Waals surface area (Å²) in [6.45, 7) is 5.31. The third-order valence-corrected chi connectivity index (χ3v) is 6.62. The molecule has 1 saturated carbocycles. The number of likely N-dealkylation sites (tertiary alicyclic amines) is 1. The Labute approximate surface area is 154 Å². The summed E-state index contributed by atoms with van der Waals surface area (Å²) >= 11 is 1.70. The van der Waals surface area contributed by atoms with Crippen molar-refractivity contribution in [2.45, 2.75) is 77.8 Å². The summed E-state index contributed by atoms with van der Waals surface area (Å²) in [6, 6.07) is 0.364. The van der Waals surface area contributed by atoms with Crippen molar-refractivity contribution in [1.29, 1.82) is 0 Å². The first-order chi connectivity index (χ1) is 12.1. The molecule has 6 heteroatoms. The van der Waals surface area contributed by atoms with E-state index in [1.54, 1.807) is 11.3 Å². The van der Waals surface area contributed by atoms with E-state index in [2.05, 4.69) is 17.2 Å². The molecule has 0 aromatic carbocycles. The van der Waals surface area contributed by atoms with Crippen LogP contribution >= 0.6 is 11.3 Å². The molecule has 138 valence electrons. The van der Waals surface area contributed by atoms with Crippen LogP contribution in [-0.4, -0.2) is 34.3 Å². The molecule has 0 spiro atoms. The van der Waals surface area contributed by atoms with Gasteiger partial charge >= 0.3 is 0 Å². The van der Waals surface area contributed by atoms with E-state index in [1.165, 1.54) is 12.8 Å². The average Bonchev–Trinajstić information content (AvgIpc) is 3.23. The Kier molecular flexibility index (Phi) is 6.10. The minimum Gasteiger partial charge on any atom is -0.351 e. The van der Waals surface area contributed by atoms with Crippen LogP contribution in [0.2, 0.25) is 0 Å². The maximum atomic E-state index is 12.6. The smallest absolute Gasteiger partial charge is 0.225 e. The highest BCUT2D eigenvalue weighted by Crippen LogP contribution is 2.29. The Hall–Kier alpha value is -1.43. The zero-order valence-corrected chi connectivity index (χ0v) is 16.2. The first kappa shape index (κ1) is 18.4. The number of amides is 2. The van der Waals surface area contributed by atoms with Crippen LogP contribution < -0.4 is 5.32 Å². The molecule has 2 heterocycles. The van der Waals surface area contributed by atoms with Crippen LogP contribution in [-0.2, 0) is 22.6 Å². The van der Waals surface area contributed by atoms with Gasteiger partial charge in [-0.15, -0.1) is 11.3 Å². The molecular formula is C19H29N3O2S. The van der Waals surface area contributed by atoms with Crippen molar-refractivity contribution in [3.63, 3.8) is 0 Å². The molecule has 3 rings (SSSR count). The molecule has 1 N–H and O–H groups in total. The van der Waals surface area contributed by atoms with Crippen molar-refractivity contribution < 1.29 is 9.59 Å². The molecule has 1 atom stereocenters. The van der Waals surface area contributed by atoms with E-state index >= 15 is 0 Å². The highest BCUT2D eigenvalue weighted by molar-refractivity contribution is 7.11. The lowest BCUT2D eigenvalue weighted by molar-refractivity contribution is -0.140. The number of hydrogen-bond donors (Lipinski definition) is 1. The van der Waals surface area contributed by atoms with Crippen molar-refractivity contribution in [3.05, 3.63) is 15.6 Å². The first-order valence-electron chi connectivity index (χ1n) is 9.60. The monoisotopic (exact) mass is 363 g/mol. The molecule has 0 bridgehead atoms. The van der Waals surface area contributed by atoms with Gasteiger partial charge in [0.15, 0.2) is 0 Å². The predicted molar refractivity (Wildman–Crippen MR) is 99.4 cm³/mol. The fourth-order valence-corrected chi connectivity index (χ4v) is 5.05. The highest BCUT2D eigenvalue weighted by Gasteiger charge is 2.35. The van der Waals surface area contributed by atoms with E-state index in [9.17, 15) is 9.59 Å². The normalized spacial score (nSPS) is 21.8. The van der Waals surface area contributed by atoms with Gasteiger partial charge in [-0.05, 0) is 39.0 Å². The second kappa shape index (κ2) is 8.30. The maximum absolute atomic E-state index is 12.6. The van der Waals surface area contributed by atoms with Gasteiger partial charge in [0.05, 0.1) is 23.2 Å². The van der Waals surface area contributed by atoms with E-state index in [0.717, 1.165) is 41.3 Å². The zero-order valence-electron chi connectivity index (χ0n) is 15.3. The van der Waals surface area contributed by atoms with Crippen molar-refractivity contribution in [3.8, 4) is 0 Å². The molecule has 5 nitrogen and oxygen atoms in total. The number of carbonyl (C=O) groups excluding carboxylic acids is 2. The molecule has 1 aliphatic heterocycles. The largest absolute Gasteiger partial charge is 0.351 e. The number of carbonyl (C=O) groups is 2. The van der Waals surface area contributed by atoms with Crippen LogP contribution in [0.4, 0.5) is 0 Å². The number of nitrogens with one attached hydrogen (secondary N) is 1. The summed E-state index contributed by atoms with van der Waals surface area (Å²) < 4.78 is 0. The molecule has 2 fully saturated rings. The molecule has 25 heavy (non-hydrogen) atoms. The quantitative estimate of drug-likeness (QED) is 0.844. The maximum Gasteiger partial charge on any atom is 0.225 e. The minimum atomic E-state index is -0.0679. The van der Waals surface area contributed by atoms with Crippen LogP contribution in [0.25, 0.3) is 0 Å². The second-order valence-electron chi connectivity index (χ2n) is 7.30. The van der Waals surface area contributed by atoms with Gasteiger partial charge in [-0.2, -0.15) is 0 Å². The molecule has 0 radical (unpaired) electrons. The minimum absolute atomic E-state index is 0.0679. The number of aromatic nitrogens is 1. The lowest BCUT2D eigenvalue weighted by atomic mass is 9.95. The third-order valence-electron chi connectivity index (χ3n) is 5.40. The second-order valence-corrected chi connectivity index (χ2v) is 8.47. The van der Waals surface area contributed by atoms with Crippen LogP contribution in [0.5, 0.6) is 0 Å². The van der Waals surface area contributed by atoms with E-state index < -0.39 is 0 Å². The summed E-state index contributed by atoms with van der Waals surface area (Å²) in [5, 5.41) is 4.24. The average molecular weight is 364 g/mol. The van der Waals surface area contributed by atoms with Crippen molar-refractivity contribution in [2.75, 3.05) is 6.54 Å². The fraction of sp³-hybridized carbons (Fsp3) is 0.737. The lowest BCUT2D eigenvalue weighted by Crippen LogP contribution is -2.49. The van der Waals surface area contributed by atoms with E-state index in [4.69, 9.17) is 0 Å². The van der Waals surface area contributed by atoms with Gasteiger partial charge in [0.2, 0.25) is 11.8 Å². The molecular weight excluding hydrogens is 334 g/mol. The van der Waals surface area contributed by atoms with Gasteiger partial charge in [-0.1, -0.05) is 19.8 Å². The summed E-state index contributed by atoms with van der Waals surface area (Å²) in [6.07, 6.45) is 7.88. The molecule has 2 aliphatic rings.